The highest BCUT2D eigenvalue weighted by Crippen LogP contribution is 2.34. The van der Waals surface area contributed by atoms with Crippen molar-refractivity contribution in [1.82, 2.24) is 14.7 Å². The van der Waals surface area contributed by atoms with Crippen LogP contribution in [0.5, 0.6) is 0 Å². The van der Waals surface area contributed by atoms with Gasteiger partial charge in [-0.15, -0.1) is 0 Å². The van der Waals surface area contributed by atoms with E-state index in [0.717, 1.165) is 31.2 Å². The second-order valence-corrected chi connectivity index (χ2v) is 5.30. The molecule has 1 aliphatic heterocycles. The SMILES string of the molecule is O=C(c1cnn(-c2cccc(F)c2)c1C(F)(F)F)N1CCCC1. The summed E-state index contributed by atoms with van der Waals surface area (Å²) < 4.78 is 54.2. The van der Waals surface area contributed by atoms with E-state index >= 15 is 0 Å². The molecule has 1 aromatic carbocycles. The summed E-state index contributed by atoms with van der Waals surface area (Å²) in [5, 5.41) is 3.67. The van der Waals surface area contributed by atoms with E-state index < -0.39 is 29.2 Å². The summed E-state index contributed by atoms with van der Waals surface area (Å²) in [6, 6.07) is 4.65. The molecule has 2 heterocycles. The van der Waals surface area contributed by atoms with Gasteiger partial charge in [0.15, 0.2) is 5.69 Å². The van der Waals surface area contributed by atoms with E-state index in [9.17, 15) is 22.4 Å². The van der Waals surface area contributed by atoms with E-state index in [1.165, 1.54) is 17.0 Å². The fraction of sp³-hybridized carbons (Fsp3) is 0.333. The minimum atomic E-state index is -4.78. The number of amides is 1. The molecule has 8 heteroatoms. The Bertz CT molecular complexity index is 733. The number of nitrogens with zero attached hydrogens (tertiary/aromatic N) is 3. The summed E-state index contributed by atoms with van der Waals surface area (Å²) in [7, 11) is 0. The third-order valence-electron chi connectivity index (χ3n) is 3.71. The molecule has 1 saturated heterocycles. The van der Waals surface area contributed by atoms with Crippen molar-refractivity contribution in [2.45, 2.75) is 19.0 Å². The molecule has 1 aliphatic rings. The molecule has 0 spiro atoms. The largest absolute Gasteiger partial charge is 0.434 e. The number of likely N-dealkylation sites (tertiary alicyclic amines) is 1. The van der Waals surface area contributed by atoms with Crippen molar-refractivity contribution in [2.75, 3.05) is 13.1 Å². The molecule has 122 valence electrons. The first kappa shape index (κ1) is 15.5. The van der Waals surface area contributed by atoms with Gasteiger partial charge in [0.05, 0.1) is 17.4 Å². The average Bonchev–Trinajstić information content (AvgIpc) is 3.15. The number of carbonyl (C=O) groups excluding carboxylic acids is 1. The molecular formula is C15H13F4N3O. The van der Waals surface area contributed by atoms with Crippen LogP contribution in [0.3, 0.4) is 0 Å². The van der Waals surface area contributed by atoms with E-state index in [1.807, 2.05) is 0 Å². The summed E-state index contributed by atoms with van der Waals surface area (Å²) >= 11 is 0. The predicted molar refractivity (Wildman–Crippen MR) is 73.7 cm³/mol. The van der Waals surface area contributed by atoms with Gasteiger partial charge in [0.1, 0.15) is 5.82 Å². The van der Waals surface area contributed by atoms with Gasteiger partial charge >= 0.3 is 6.18 Å². The third-order valence-corrected chi connectivity index (χ3v) is 3.71. The molecular weight excluding hydrogens is 314 g/mol. The van der Waals surface area contributed by atoms with Crippen molar-refractivity contribution in [3.8, 4) is 5.69 Å². The monoisotopic (exact) mass is 327 g/mol. The molecule has 23 heavy (non-hydrogen) atoms. The number of hydrogen-bond donors (Lipinski definition) is 0. The highest BCUT2D eigenvalue weighted by atomic mass is 19.4. The van der Waals surface area contributed by atoms with Gasteiger partial charge < -0.3 is 4.90 Å². The zero-order valence-corrected chi connectivity index (χ0v) is 12.0. The Hall–Kier alpha value is -2.38. The number of carbonyl (C=O) groups is 1. The van der Waals surface area contributed by atoms with Crippen molar-refractivity contribution in [3.05, 3.63) is 47.5 Å². The molecule has 0 radical (unpaired) electrons. The molecule has 3 rings (SSSR count). The number of halogens is 4. The van der Waals surface area contributed by atoms with Crippen LogP contribution in [0.2, 0.25) is 0 Å². The van der Waals surface area contributed by atoms with Crippen LogP contribution in [0, 0.1) is 5.82 Å². The van der Waals surface area contributed by atoms with Crippen LogP contribution >= 0.6 is 0 Å². The molecule has 1 amide bonds. The number of alkyl halides is 3. The lowest BCUT2D eigenvalue weighted by Gasteiger charge is -2.17. The maximum atomic E-state index is 13.5. The molecule has 0 bridgehead atoms. The van der Waals surface area contributed by atoms with Crippen molar-refractivity contribution >= 4 is 5.91 Å². The highest BCUT2D eigenvalue weighted by Gasteiger charge is 2.41. The lowest BCUT2D eigenvalue weighted by atomic mass is 10.2. The molecule has 0 atom stereocenters. The van der Waals surface area contributed by atoms with Gasteiger partial charge in [-0.25, -0.2) is 9.07 Å². The summed E-state index contributed by atoms with van der Waals surface area (Å²) in [4.78, 5) is 13.7. The number of benzene rings is 1. The average molecular weight is 327 g/mol. The van der Waals surface area contributed by atoms with Crippen molar-refractivity contribution < 1.29 is 22.4 Å². The second kappa shape index (κ2) is 5.68. The van der Waals surface area contributed by atoms with Crippen LogP contribution in [-0.2, 0) is 6.18 Å². The van der Waals surface area contributed by atoms with Crippen molar-refractivity contribution in [3.63, 3.8) is 0 Å². The van der Waals surface area contributed by atoms with Crippen LogP contribution in [0.1, 0.15) is 28.9 Å². The van der Waals surface area contributed by atoms with Gasteiger partial charge in [-0.05, 0) is 31.0 Å². The fourth-order valence-corrected chi connectivity index (χ4v) is 2.67. The third kappa shape index (κ3) is 2.93. The number of rotatable bonds is 2. The van der Waals surface area contributed by atoms with Crippen LogP contribution in [0.25, 0.3) is 5.69 Å². The topological polar surface area (TPSA) is 38.1 Å². The zero-order chi connectivity index (χ0) is 16.6. The van der Waals surface area contributed by atoms with Gasteiger partial charge in [-0.2, -0.15) is 18.3 Å². The predicted octanol–water partition coefficient (Wildman–Crippen LogP) is 3.27. The maximum Gasteiger partial charge on any atom is 0.434 e. The Morgan fingerprint density at radius 1 is 1.17 bits per heavy atom. The summed E-state index contributed by atoms with van der Waals surface area (Å²) in [6.07, 6.45) is -2.35. The number of hydrogen-bond acceptors (Lipinski definition) is 2. The first-order chi connectivity index (χ1) is 10.9. The standard InChI is InChI=1S/C15H13F4N3O/c16-10-4-3-5-11(8-10)22-13(15(17,18)19)12(9-20-22)14(23)21-6-1-2-7-21/h3-5,8-9H,1-2,6-7H2. The molecule has 0 unspecified atom stereocenters. The quantitative estimate of drug-likeness (QED) is 0.794. The Morgan fingerprint density at radius 3 is 2.48 bits per heavy atom. The van der Waals surface area contributed by atoms with Gasteiger partial charge in [0.2, 0.25) is 0 Å². The fourth-order valence-electron chi connectivity index (χ4n) is 2.67. The molecule has 0 N–H and O–H groups in total. The minimum absolute atomic E-state index is 0.0854. The van der Waals surface area contributed by atoms with Crippen LogP contribution in [0.15, 0.2) is 30.5 Å². The van der Waals surface area contributed by atoms with E-state index in [4.69, 9.17) is 0 Å². The van der Waals surface area contributed by atoms with E-state index in [1.54, 1.807) is 0 Å². The number of aromatic nitrogens is 2. The summed E-state index contributed by atoms with van der Waals surface area (Å²) in [6.45, 7) is 0.864. The van der Waals surface area contributed by atoms with Crippen molar-refractivity contribution in [1.29, 1.82) is 0 Å². The smallest absolute Gasteiger partial charge is 0.339 e. The molecule has 2 aromatic rings. The van der Waals surface area contributed by atoms with Crippen molar-refractivity contribution in [2.24, 2.45) is 0 Å². The summed E-state index contributed by atoms with van der Waals surface area (Å²) in [5.41, 5.74) is -1.78. The maximum absolute atomic E-state index is 13.5. The van der Waals surface area contributed by atoms with Gasteiger partial charge in [0, 0.05) is 13.1 Å². The van der Waals surface area contributed by atoms with Crippen LogP contribution in [0.4, 0.5) is 17.6 Å². The Labute approximate surface area is 129 Å². The van der Waals surface area contributed by atoms with Gasteiger partial charge in [-0.3, -0.25) is 4.79 Å². The summed E-state index contributed by atoms with van der Waals surface area (Å²) in [5.74, 6) is -1.38. The van der Waals surface area contributed by atoms with Crippen LogP contribution in [-0.4, -0.2) is 33.7 Å². The van der Waals surface area contributed by atoms with E-state index in [0.29, 0.717) is 17.8 Å². The first-order valence-corrected chi connectivity index (χ1v) is 7.08. The Morgan fingerprint density at radius 2 is 1.87 bits per heavy atom. The molecule has 1 aromatic heterocycles. The minimum Gasteiger partial charge on any atom is -0.339 e. The highest BCUT2D eigenvalue weighted by molar-refractivity contribution is 5.95. The van der Waals surface area contributed by atoms with Gasteiger partial charge in [-0.1, -0.05) is 6.07 Å². The lowest BCUT2D eigenvalue weighted by molar-refractivity contribution is -0.143. The Balaban J connectivity index is 2.10. The van der Waals surface area contributed by atoms with E-state index in [-0.39, 0.29) is 5.69 Å². The van der Waals surface area contributed by atoms with Gasteiger partial charge in [0.25, 0.3) is 5.91 Å². The molecule has 0 saturated carbocycles. The lowest BCUT2D eigenvalue weighted by Crippen LogP contribution is -2.29. The molecule has 0 aliphatic carbocycles. The molecule has 4 nitrogen and oxygen atoms in total. The zero-order valence-electron chi connectivity index (χ0n) is 12.0. The molecule has 1 fully saturated rings. The Kier molecular flexibility index (Phi) is 3.83. The normalized spacial score (nSPS) is 15.2. The van der Waals surface area contributed by atoms with Crippen LogP contribution < -0.4 is 0 Å². The van der Waals surface area contributed by atoms with E-state index in [2.05, 4.69) is 5.10 Å². The first-order valence-electron chi connectivity index (χ1n) is 7.08. The second-order valence-electron chi connectivity index (χ2n) is 5.30.